The fourth-order valence-corrected chi connectivity index (χ4v) is 1.99. The average molecular weight is 246 g/mol. The van der Waals surface area contributed by atoms with Crippen LogP contribution in [0.2, 0.25) is 0 Å². The van der Waals surface area contributed by atoms with E-state index in [2.05, 4.69) is 42.7 Å². The molecular weight excluding hydrogens is 224 g/mol. The van der Waals surface area contributed by atoms with Crippen molar-refractivity contribution in [2.24, 2.45) is 5.92 Å². The van der Waals surface area contributed by atoms with Crippen molar-refractivity contribution in [3.8, 4) is 0 Å². The average Bonchev–Trinajstić information content (AvgIpc) is 3.18. The van der Waals surface area contributed by atoms with Gasteiger partial charge in [-0.2, -0.15) is 0 Å². The van der Waals surface area contributed by atoms with E-state index >= 15 is 0 Å². The minimum absolute atomic E-state index is 0.225. The third-order valence-corrected chi connectivity index (χ3v) is 3.58. The minimum Gasteiger partial charge on any atom is -0.355 e. The van der Waals surface area contributed by atoms with Crippen LogP contribution in [0, 0.1) is 19.8 Å². The lowest BCUT2D eigenvalue weighted by Gasteiger charge is -2.10. The summed E-state index contributed by atoms with van der Waals surface area (Å²) in [5.41, 5.74) is 4.02. The number of hydrogen-bond acceptors (Lipinski definition) is 2. The first kappa shape index (κ1) is 13.1. The predicted octanol–water partition coefficient (Wildman–Crippen LogP) is 1.92. The van der Waals surface area contributed by atoms with Crippen molar-refractivity contribution in [3.63, 3.8) is 0 Å². The molecule has 98 valence electrons. The Labute approximate surface area is 109 Å². The van der Waals surface area contributed by atoms with E-state index in [1.54, 1.807) is 0 Å². The van der Waals surface area contributed by atoms with E-state index in [0.29, 0.717) is 5.92 Å². The molecule has 1 saturated carbocycles. The lowest BCUT2D eigenvalue weighted by Crippen LogP contribution is -2.32. The number of carbonyl (C=O) groups excluding carboxylic acids is 1. The number of hydrogen-bond donors (Lipinski definition) is 2. The van der Waals surface area contributed by atoms with E-state index in [0.717, 1.165) is 32.5 Å². The molecule has 0 heterocycles. The molecule has 0 unspecified atom stereocenters. The fraction of sp³-hybridized carbons (Fsp3) is 0.533. The molecule has 18 heavy (non-hydrogen) atoms. The Morgan fingerprint density at radius 1 is 1.28 bits per heavy atom. The van der Waals surface area contributed by atoms with Gasteiger partial charge in [0.15, 0.2) is 0 Å². The van der Waals surface area contributed by atoms with Crippen LogP contribution >= 0.6 is 0 Å². The second kappa shape index (κ2) is 6.01. The van der Waals surface area contributed by atoms with Gasteiger partial charge in [0.2, 0.25) is 5.91 Å². The molecule has 0 radical (unpaired) electrons. The van der Waals surface area contributed by atoms with Crippen LogP contribution in [0.25, 0.3) is 0 Å². The largest absolute Gasteiger partial charge is 0.355 e. The molecule has 0 bridgehead atoms. The SMILES string of the molecule is Cc1cccc(CNCCNC(=O)C2CC2)c1C. The van der Waals surface area contributed by atoms with Crippen molar-refractivity contribution in [3.05, 3.63) is 34.9 Å². The van der Waals surface area contributed by atoms with E-state index in [9.17, 15) is 4.79 Å². The second-order valence-electron chi connectivity index (χ2n) is 5.10. The molecule has 1 aromatic rings. The highest BCUT2D eigenvalue weighted by Gasteiger charge is 2.28. The quantitative estimate of drug-likeness (QED) is 0.753. The second-order valence-corrected chi connectivity index (χ2v) is 5.10. The molecule has 0 spiro atoms. The number of nitrogens with one attached hydrogen (secondary N) is 2. The van der Waals surface area contributed by atoms with Crippen molar-refractivity contribution in [1.29, 1.82) is 0 Å². The van der Waals surface area contributed by atoms with Gasteiger partial charge in [0.25, 0.3) is 0 Å². The summed E-state index contributed by atoms with van der Waals surface area (Å²) in [6.45, 7) is 6.70. The van der Waals surface area contributed by atoms with Crippen LogP contribution in [-0.2, 0) is 11.3 Å². The van der Waals surface area contributed by atoms with E-state index in [4.69, 9.17) is 0 Å². The summed E-state index contributed by atoms with van der Waals surface area (Å²) in [6.07, 6.45) is 2.14. The summed E-state index contributed by atoms with van der Waals surface area (Å²) in [5, 5.41) is 6.33. The molecule has 1 amide bonds. The molecule has 0 atom stereocenters. The molecule has 2 N–H and O–H groups in total. The van der Waals surface area contributed by atoms with E-state index in [-0.39, 0.29) is 5.91 Å². The summed E-state index contributed by atoms with van der Waals surface area (Å²) in [4.78, 5) is 11.4. The van der Waals surface area contributed by atoms with Gasteiger partial charge in [0, 0.05) is 25.6 Å². The van der Waals surface area contributed by atoms with Crippen LogP contribution in [0.3, 0.4) is 0 Å². The first-order chi connectivity index (χ1) is 8.68. The predicted molar refractivity (Wildman–Crippen MR) is 73.4 cm³/mol. The number of rotatable bonds is 6. The number of aryl methyl sites for hydroxylation is 1. The fourth-order valence-electron chi connectivity index (χ4n) is 1.99. The number of benzene rings is 1. The maximum Gasteiger partial charge on any atom is 0.223 e. The third-order valence-electron chi connectivity index (χ3n) is 3.58. The van der Waals surface area contributed by atoms with Crippen molar-refractivity contribution in [2.45, 2.75) is 33.2 Å². The lowest BCUT2D eigenvalue weighted by molar-refractivity contribution is -0.122. The van der Waals surface area contributed by atoms with Crippen molar-refractivity contribution in [2.75, 3.05) is 13.1 Å². The zero-order valence-corrected chi connectivity index (χ0v) is 11.3. The minimum atomic E-state index is 0.225. The number of amides is 1. The standard InChI is InChI=1S/C15H22N2O/c1-11-4-3-5-14(12(11)2)10-16-8-9-17-15(18)13-6-7-13/h3-5,13,16H,6-10H2,1-2H3,(H,17,18). The van der Waals surface area contributed by atoms with Gasteiger partial charge in [0.05, 0.1) is 0 Å². The Morgan fingerprint density at radius 3 is 2.78 bits per heavy atom. The molecule has 3 heteroatoms. The Hall–Kier alpha value is -1.35. The van der Waals surface area contributed by atoms with Crippen LogP contribution < -0.4 is 10.6 Å². The van der Waals surface area contributed by atoms with Gasteiger partial charge in [-0.05, 0) is 43.4 Å². The van der Waals surface area contributed by atoms with E-state index in [1.165, 1.54) is 16.7 Å². The van der Waals surface area contributed by atoms with Crippen LogP contribution in [0.1, 0.15) is 29.5 Å². The maximum absolute atomic E-state index is 11.4. The normalized spacial score (nSPS) is 14.6. The Balaban J connectivity index is 1.65. The topological polar surface area (TPSA) is 41.1 Å². The van der Waals surface area contributed by atoms with Crippen molar-refractivity contribution >= 4 is 5.91 Å². The summed E-state index contributed by atoms with van der Waals surface area (Å²) in [5.74, 6) is 0.535. The lowest BCUT2D eigenvalue weighted by atomic mass is 10.0. The summed E-state index contributed by atoms with van der Waals surface area (Å²) < 4.78 is 0. The summed E-state index contributed by atoms with van der Waals surface area (Å²) in [6, 6.07) is 6.38. The molecule has 2 rings (SSSR count). The van der Waals surface area contributed by atoms with Gasteiger partial charge in [-0.15, -0.1) is 0 Å². The van der Waals surface area contributed by atoms with Gasteiger partial charge in [-0.3, -0.25) is 4.79 Å². The molecule has 1 aromatic carbocycles. The Bertz CT molecular complexity index is 425. The van der Waals surface area contributed by atoms with E-state index in [1.807, 2.05) is 0 Å². The summed E-state index contributed by atoms with van der Waals surface area (Å²) >= 11 is 0. The van der Waals surface area contributed by atoms with Crippen molar-refractivity contribution in [1.82, 2.24) is 10.6 Å². The maximum atomic E-state index is 11.4. The zero-order chi connectivity index (χ0) is 13.0. The Kier molecular flexibility index (Phi) is 4.37. The summed E-state index contributed by atoms with van der Waals surface area (Å²) in [7, 11) is 0. The molecule has 1 aliphatic rings. The monoisotopic (exact) mass is 246 g/mol. The van der Waals surface area contributed by atoms with Crippen LogP contribution in [0.4, 0.5) is 0 Å². The molecule has 0 saturated heterocycles. The molecule has 1 fully saturated rings. The van der Waals surface area contributed by atoms with Gasteiger partial charge < -0.3 is 10.6 Å². The van der Waals surface area contributed by atoms with Gasteiger partial charge >= 0.3 is 0 Å². The Morgan fingerprint density at radius 2 is 2.06 bits per heavy atom. The van der Waals surface area contributed by atoms with Crippen LogP contribution in [-0.4, -0.2) is 19.0 Å². The highest BCUT2D eigenvalue weighted by molar-refractivity contribution is 5.80. The van der Waals surface area contributed by atoms with Crippen LogP contribution in [0.15, 0.2) is 18.2 Å². The molecule has 1 aliphatic carbocycles. The molecule has 0 aromatic heterocycles. The first-order valence-corrected chi connectivity index (χ1v) is 6.72. The van der Waals surface area contributed by atoms with E-state index < -0.39 is 0 Å². The highest BCUT2D eigenvalue weighted by Crippen LogP contribution is 2.28. The van der Waals surface area contributed by atoms with Crippen LogP contribution in [0.5, 0.6) is 0 Å². The zero-order valence-electron chi connectivity index (χ0n) is 11.3. The van der Waals surface area contributed by atoms with Gasteiger partial charge in [-0.25, -0.2) is 0 Å². The van der Waals surface area contributed by atoms with Gasteiger partial charge in [-0.1, -0.05) is 18.2 Å². The molecule has 3 nitrogen and oxygen atoms in total. The highest BCUT2D eigenvalue weighted by atomic mass is 16.2. The van der Waals surface area contributed by atoms with Crippen molar-refractivity contribution < 1.29 is 4.79 Å². The molecule has 0 aliphatic heterocycles. The molecular formula is C15H22N2O. The first-order valence-electron chi connectivity index (χ1n) is 6.72. The smallest absolute Gasteiger partial charge is 0.223 e. The number of carbonyl (C=O) groups is 1. The third kappa shape index (κ3) is 3.57. The van der Waals surface area contributed by atoms with Gasteiger partial charge in [0.1, 0.15) is 0 Å².